The molecule has 6 aliphatic carbocycles. The molecule has 7 atom stereocenters. The van der Waals surface area contributed by atoms with Crippen LogP contribution in [0.3, 0.4) is 0 Å². The standard InChI is InChI=1S/C28H38F6O5/c1-12-16-9-17(11-26(38,27(29,30)31)28(32,33)34)20(10-16)21(12)22(13(2)23(35)36)24(37)39-25(3)18-5-14-4-15(7-18)8-19(25)6-14/h12-22,38H,4-11H2,1-3H3,(H,35,36). The van der Waals surface area contributed by atoms with E-state index in [9.17, 15) is 46.1 Å². The first-order valence-corrected chi connectivity index (χ1v) is 14.2. The Morgan fingerprint density at radius 3 is 1.87 bits per heavy atom. The molecule has 6 rings (SSSR count). The number of carboxylic acids is 1. The number of carboxylic acid groups (broad SMARTS) is 1. The highest BCUT2D eigenvalue weighted by Crippen LogP contribution is 2.63. The average molecular weight is 569 g/mol. The number of ether oxygens (including phenoxy) is 1. The molecule has 7 unspecified atom stereocenters. The van der Waals surface area contributed by atoms with Crippen molar-refractivity contribution in [2.75, 3.05) is 0 Å². The van der Waals surface area contributed by atoms with E-state index >= 15 is 0 Å². The summed E-state index contributed by atoms with van der Waals surface area (Å²) in [7, 11) is 0. The number of alkyl halides is 6. The summed E-state index contributed by atoms with van der Waals surface area (Å²) in [5.74, 6) is -6.07. The van der Waals surface area contributed by atoms with Gasteiger partial charge in [0.05, 0.1) is 11.8 Å². The fourth-order valence-electron chi connectivity index (χ4n) is 9.83. The van der Waals surface area contributed by atoms with Gasteiger partial charge in [0.15, 0.2) is 0 Å². The molecule has 0 amide bonds. The monoisotopic (exact) mass is 568 g/mol. The Morgan fingerprint density at radius 2 is 1.44 bits per heavy atom. The molecule has 39 heavy (non-hydrogen) atoms. The number of halogens is 6. The van der Waals surface area contributed by atoms with E-state index in [1.54, 1.807) is 6.92 Å². The molecule has 6 bridgehead atoms. The molecule has 2 N–H and O–H groups in total. The summed E-state index contributed by atoms with van der Waals surface area (Å²) in [6.07, 6.45) is -8.10. The predicted molar refractivity (Wildman–Crippen MR) is 126 cm³/mol. The van der Waals surface area contributed by atoms with E-state index in [-0.39, 0.29) is 30.1 Å². The van der Waals surface area contributed by atoms with Gasteiger partial charge in [-0.25, -0.2) is 0 Å². The van der Waals surface area contributed by atoms with Gasteiger partial charge in [-0.1, -0.05) is 13.8 Å². The Labute approximate surface area is 224 Å². The van der Waals surface area contributed by atoms with Crippen LogP contribution in [0.25, 0.3) is 0 Å². The van der Waals surface area contributed by atoms with E-state index < -0.39 is 71.5 Å². The molecule has 0 aromatic heterocycles. The number of rotatable bonds is 7. The number of carbonyl (C=O) groups excluding carboxylic acids is 1. The third kappa shape index (κ3) is 4.47. The second-order valence-corrected chi connectivity index (χ2v) is 13.7. The topological polar surface area (TPSA) is 83.8 Å². The van der Waals surface area contributed by atoms with Crippen molar-refractivity contribution in [3.63, 3.8) is 0 Å². The molecular weight excluding hydrogens is 530 g/mol. The van der Waals surface area contributed by atoms with Crippen LogP contribution in [0, 0.1) is 65.1 Å². The third-order valence-electron chi connectivity index (χ3n) is 11.8. The van der Waals surface area contributed by atoms with Gasteiger partial charge in [-0.05, 0) is 112 Å². The highest BCUT2D eigenvalue weighted by Gasteiger charge is 2.72. The van der Waals surface area contributed by atoms with Gasteiger partial charge in [-0.3, -0.25) is 9.59 Å². The molecule has 0 aromatic carbocycles. The summed E-state index contributed by atoms with van der Waals surface area (Å²) < 4.78 is 87.3. The largest absolute Gasteiger partial charge is 0.481 e. The lowest BCUT2D eigenvalue weighted by Crippen LogP contribution is -2.59. The zero-order valence-corrected chi connectivity index (χ0v) is 22.4. The maximum atomic E-state index is 13.9. The second-order valence-electron chi connectivity index (χ2n) is 13.7. The van der Waals surface area contributed by atoms with Gasteiger partial charge in [0.25, 0.3) is 5.60 Å². The van der Waals surface area contributed by atoms with E-state index in [0.29, 0.717) is 18.3 Å². The highest BCUT2D eigenvalue weighted by molar-refractivity contribution is 5.81. The van der Waals surface area contributed by atoms with Crippen LogP contribution in [-0.2, 0) is 14.3 Å². The summed E-state index contributed by atoms with van der Waals surface area (Å²) >= 11 is 0. The van der Waals surface area contributed by atoms with Crippen LogP contribution in [0.5, 0.6) is 0 Å². The molecular formula is C28H38F6O5. The molecule has 0 aliphatic heterocycles. The van der Waals surface area contributed by atoms with E-state index in [1.165, 1.54) is 13.3 Å². The highest BCUT2D eigenvalue weighted by atomic mass is 19.4. The molecule has 0 spiro atoms. The number of fused-ring (bicyclic) bond motifs is 2. The first kappa shape index (κ1) is 29.0. The predicted octanol–water partition coefficient (Wildman–Crippen LogP) is 6.24. The number of aliphatic hydroxyl groups is 1. The third-order valence-corrected chi connectivity index (χ3v) is 11.8. The van der Waals surface area contributed by atoms with Gasteiger partial charge in [0.2, 0.25) is 0 Å². The summed E-state index contributed by atoms with van der Waals surface area (Å²) in [4.78, 5) is 26.1. The molecule has 0 aromatic rings. The second kappa shape index (κ2) is 9.24. The Bertz CT molecular complexity index is 950. The van der Waals surface area contributed by atoms with Gasteiger partial charge in [-0.15, -0.1) is 0 Å². The van der Waals surface area contributed by atoms with Gasteiger partial charge < -0.3 is 14.9 Å². The minimum absolute atomic E-state index is 0.0602. The van der Waals surface area contributed by atoms with Crippen molar-refractivity contribution < 1.29 is 50.9 Å². The van der Waals surface area contributed by atoms with E-state index in [4.69, 9.17) is 4.74 Å². The van der Waals surface area contributed by atoms with E-state index in [1.807, 2.05) is 6.92 Å². The fourth-order valence-corrected chi connectivity index (χ4v) is 9.83. The van der Waals surface area contributed by atoms with Crippen LogP contribution in [0.15, 0.2) is 0 Å². The van der Waals surface area contributed by atoms with Crippen LogP contribution in [0.4, 0.5) is 26.3 Å². The van der Waals surface area contributed by atoms with Crippen molar-refractivity contribution in [2.45, 2.75) is 95.7 Å². The lowest BCUT2D eigenvalue weighted by atomic mass is 9.50. The minimum Gasteiger partial charge on any atom is -0.481 e. The van der Waals surface area contributed by atoms with E-state index in [0.717, 1.165) is 25.7 Å². The summed E-state index contributed by atoms with van der Waals surface area (Å²) in [5.41, 5.74) is -5.63. The number of aliphatic carboxylic acids is 1. The Morgan fingerprint density at radius 1 is 0.923 bits per heavy atom. The Balaban J connectivity index is 1.42. The van der Waals surface area contributed by atoms with Gasteiger partial charge in [0.1, 0.15) is 5.60 Å². The molecule has 6 fully saturated rings. The molecule has 6 aliphatic rings. The molecule has 0 heterocycles. The van der Waals surface area contributed by atoms with Gasteiger partial charge >= 0.3 is 24.3 Å². The number of hydrogen-bond acceptors (Lipinski definition) is 4. The van der Waals surface area contributed by atoms with Crippen molar-refractivity contribution in [2.24, 2.45) is 65.1 Å². The van der Waals surface area contributed by atoms with Crippen molar-refractivity contribution in [3.05, 3.63) is 0 Å². The SMILES string of the molecule is CC(C(=O)O)C(C(=O)OC1(C)C2CC3CC(C2)CC1C3)C1C(C)C2CC(CC(O)(C(F)(F)F)C(F)(F)F)C1C2. The zero-order valence-electron chi connectivity index (χ0n) is 22.4. The lowest BCUT2D eigenvalue weighted by molar-refractivity contribution is -0.373. The van der Waals surface area contributed by atoms with Crippen LogP contribution >= 0.6 is 0 Å². The lowest BCUT2D eigenvalue weighted by Gasteiger charge is -2.59. The molecule has 0 saturated heterocycles. The quantitative estimate of drug-likeness (QED) is 0.281. The summed E-state index contributed by atoms with van der Waals surface area (Å²) in [5, 5.41) is 19.8. The Hall–Kier alpha value is -1.52. The average Bonchev–Trinajstić information content (AvgIpc) is 3.34. The minimum atomic E-state index is -5.92. The van der Waals surface area contributed by atoms with Crippen LogP contribution in [0.1, 0.15) is 72.1 Å². The van der Waals surface area contributed by atoms with Crippen molar-refractivity contribution in [1.29, 1.82) is 0 Å². The molecule has 222 valence electrons. The van der Waals surface area contributed by atoms with Crippen LogP contribution in [-0.4, -0.2) is 45.7 Å². The van der Waals surface area contributed by atoms with Gasteiger partial charge in [-0.2, -0.15) is 26.3 Å². The van der Waals surface area contributed by atoms with Gasteiger partial charge in [0, 0.05) is 0 Å². The first-order chi connectivity index (χ1) is 17.9. The van der Waals surface area contributed by atoms with E-state index in [2.05, 4.69) is 0 Å². The maximum absolute atomic E-state index is 13.9. The normalized spacial score (nSPS) is 43.0. The van der Waals surface area contributed by atoms with Crippen molar-refractivity contribution in [1.82, 2.24) is 0 Å². The summed E-state index contributed by atoms with van der Waals surface area (Å²) in [6.45, 7) is 5.08. The van der Waals surface area contributed by atoms with Crippen LogP contribution in [0.2, 0.25) is 0 Å². The maximum Gasteiger partial charge on any atom is 0.426 e. The van der Waals surface area contributed by atoms with Crippen molar-refractivity contribution in [3.8, 4) is 0 Å². The molecule has 5 nitrogen and oxygen atoms in total. The number of carbonyl (C=O) groups is 2. The van der Waals surface area contributed by atoms with Crippen LogP contribution < -0.4 is 0 Å². The smallest absolute Gasteiger partial charge is 0.426 e. The molecule has 0 radical (unpaired) electrons. The Kier molecular flexibility index (Phi) is 6.87. The zero-order chi connectivity index (χ0) is 28.9. The molecule has 6 saturated carbocycles. The number of esters is 1. The summed E-state index contributed by atoms with van der Waals surface area (Å²) in [6, 6.07) is 0. The number of hydrogen-bond donors (Lipinski definition) is 2. The molecule has 11 heteroatoms. The van der Waals surface area contributed by atoms with Crippen molar-refractivity contribution >= 4 is 11.9 Å². The first-order valence-electron chi connectivity index (χ1n) is 14.2. The fraction of sp³-hybridized carbons (Fsp3) is 0.929.